The smallest absolute Gasteiger partial charge is 0.254 e. The predicted octanol–water partition coefficient (Wildman–Crippen LogP) is 2.23. The van der Waals surface area contributed by atoms with E-state index in [2.05, 4.69) is 10.2 Å². The van der Waals surface area contributed by atoms with Crippen molar-refractivity contribution in [2.24, 2.45) is 0 Å². The zero-order valence-electron chi connectivity index (χ0n) is 14.1. The molecule has 2 heterocycles. The van der Waals surface area contributed by atoms with E-state index in [4.69, 9.17) is 4.74 Å². The van der Waals surface area contributed by atoms with Gasteiger partial charge in [-0.05, 0) is 37.1 Å². The van der Waals surface area contributed by atoms with Crippen LogP contribution in [-0.4, -0.2) is 54.3 Å². The first-order valence-corrected chi connectivity index (χ1v) is 8.14. The van der Waals surface area contributed by atoms with Gasteiger partial charge < -0.3 is 14.5 Å². The van der Waals surface area contributed by atoms with E-state index in [1.165, 1.54) is 0 Å². The van der Waals surface area contributed by atoms with Crippen molar-refractivity contribution in [1.29, 1.82) is 0 Å². The van der Waals surface area contributed by atoms with Gasteiger partial charge in [-0.2, -0.15) is 5.10 Å². The maximum absolute atomic E-state index is 12.8. The van der Waals surface area contributed by atoms with Crippen LogP contribution in [-0.2, 0) is 0 Å². The van der Waals surface area contributed by atoms with Crippen LogP contribution in [0.15, 0.2) is 42.6 Å². The van der Waals surface area contributed by atoms with E-state index in [9.17, 15) is 4.79 Å². The topological polar surface area (TPSA) is 58.6 Å². The highest BCUT2D eigenvalue weighted by Crippen LogP contribution is 2.20. The molecular weight excluding hydrogens is 304 g/mol. The molecule has 3 rings (SSSR count). The Bertz CT molecular complexity index is 690. The van der Waals surface area contributed by atoms with Gasteiger partial charge in [0.1, 0.15) is 6.10 Å². The van der Waals surface area contributed by atoms with Crippen molar-refractivity contribution in [3.63, 3.8) is 0 Å². The number of carbonyl (C=O) groups is 1. The molecule has 1 atom stereocenters. The SMILES string of the molecule is CN(C)c1cccc(C(=O)N2CCCC(Oc3cccnn3)C2)c1. The summed E-state index contributed by atoms with van der Waals surface area (Å²) in [7, 11) is 3.94. The van der Waals surface area contributed by atoms with Crippen molar-refractivity contribution in [1.82, 2.24) is 15.1 Å². The Kier molecular flexibility index (Phi) is 4.93. The number of amides is 1. The van der Waals surface area contributed by atoms with Crippen LogP contribution in [0.25, 0.3) is 0 Å². The Labute approximate surface area is 142 Å². The summed E-state index contributed by atoms with van der Waals surface area (Å²) in [6.45, 7) is 1.33. The minimum atomic E-state index is -0.0450. The molecule has 0 saturated carbocycles. The number of carbonyl (C=O) groups excluding carboxylic acids is 1. The number of ether oxygens (including phenoxy) is 1. The van der Waals surface area contributed by atoms with E-state index in [1.807, 2.05) is 48.2 Å². The lowest BCUT2D eigenvalue weighted by Crippen LogP contribution is -2.44. The van der Waals surface area contributed by atoms with Gasteiger partial charge in [0.2, 0.25) is 5.88 Å². The van der Waals surface area contributed by atoms with Crippen molar-refractivity contribution in [2.75, 3.05) is 32.1 Å². The fraction of sp³-hybridized carbons (Fsp3) is 0.389. The molecule has 0 spiro atoms. The predicted molar refractivity (Wildman–Crippen MR) is 92.4 cm³/mol. The summed E-state index contributed by atoms with van der Waals surface area (Å²) in [5.41, 5.74) is 1.73. The Morgan fingerprint density at radius 3 is 2.92 bits per heavy atom. The van der Waals surface area contributed by atoms with Gasteiger partial charge in [0.15, 0.2) is 0 Å². The van der Waals surface area contributed by atoms with Gasteiger partial charge in [-0.15, -0.1) is 5.10 Å². The first-order chi connectivity index (χ1) is 11.6. The van der Waals surface area contributed by atoms with Crippen molar-refractivity contribution >= 4 is 11.6 Å². The highest BCUT2D eigenvalue weighted by Gasteiger charge is 2.26. The van der Waals surface area contributed by atoms with Gasteiger partial charge in [-0.1, -0.05) is 6.07 Å². The second-order valence-corrected chi connectivity index (χ2v) is 6.14. The molecule has 1 fully saturated rings. The fourth-order valence-corrected chi connectivity index (χ4v) is 2.84. The molecule has 6 heteroatoms. The normalized spacial score (nSPS) is 17.4. The van der Waals surface area contributed by atoms with Crippen LogP contribution in [0.5, 0.6) is 5.88 Å². The van der Waals surface area contributed by atoms with Gasteiger partial charge in [0, 0.05) is 44.2 Å². The van der Waals surface area contributed by atoms with E-state index in [0.717, 1.165) is 25.1 Å². The van der Waals surface area contributed by atoms with Crippen molar-refractivity contribution < 1.29 is 9.53 Å². The van der Waals surface area contributed by atoms with Crippen molar-refractivity contribution in [3.05, 3.63) is 48.2 Å². The van der Waals surface area contributed by atoms with E-state index in [-0.39, 0.29) is 12.0 Å². The molecule has 6 nitrogen and oxygen atoms in total. The zero-order chi connectivity index (χ0) is 16.9. The summed E-state index contributed by atoms with van der Waals surface area (Å²) in [6, 6.07) is 11.3. The quantitative estimate of drug-likeness (QED) is 0.862. The largest absolute Gasteiger partial charge is 0.471 e. The molecule has 0 aliphatic carbocycles. The maximum atomic E-state index is 12.8. The molecule has 2 aromatic rings. The Balaban J connectivity index is 1.68. The van der Waals surface area contributed by atoms with E-state index >= 15 is 0 Å². The van der Waals surface area contributed by atoms with Crippen LogP contribution >= 0.6 is 0 Å². The Morgan fingerprint density at radius 2 is 2.17 bits per heavy atom. The zero-order valence-corrected chi connectivity index (χ0v) is 14.1. The lowest BCUT2D eigenvalue weighted by atomic mass is 10.1. The summed E-state index contributed by atoms with van der Waals surface area (Å²) in [5.74, 6) is 0.553. The van der Waals surface area contributed by atoms with E-state index in [1.54, 1.807) is 18.3 Å². The molecular formula is C18H22N4O2. The molecule has 1 amide bonds. The number of hydrogen-bond acceptors (Lipinski definition) is 5. The fourth-order valence-electron chi connectivity index (χ4n) is 2.84. The first kappa shape index (κ1) is 16.2. The second-order valence-electron chi connectivity index (χ2n) is 6.14. The molecule has 1 unspecified atom stereocenters. The molecule has 1 aromatic heterocycles. The van der Waals surface area contributed by atoms with Crippen LogP contribution < -0.4 is 9.64 Å². The third-order valence-corrected chi connectivity index (χ3v) is 4.11. The Morgan fingerprint density at radius 1 is 1.29 bits per heavy atom. The van der Waals surface area contributed by atoms with Gasteiger partial charge in [0.25, 0.3) is 5.91 Å². The van der Waals surface area contributed by atoms with Gasteiger partial charge in [-0.25, -0.2) is 0 Å². The van der Waals surface area contributed by atoms with Gasteiger partial charge in [0.05, 0.1) is 6.54 Å². The van der Waals surface area contributed by atoms with E-state index in [0.29, 0.717) is 18.0 Å². The Hall–Kier alpha value is -2.63. The number of hydrogen-bond donors (Lipinski definition) is 0. The number of aromatic nitrogens is 2. The highest BCUT2D eigenvalue weighted by atomic mass is 16.5. The van der Waals surface area contributed by atoms with Crippen LogP contribution in [0.1, 0.15) is 23.2 Å². The van der Waals surface area contributed by atoms with Crippen LogP contribution in [0, 0.1) is 0 Å². The third kappa shape index (κ3) is 3.82. The minimum Gasteiger partial charge on any atom is -0.471 e. The molecule has 0 N–H and O–H groups in total. The first-order valence-electron chi connectivity index (χ1n) is 8.14. The number of piperidine rings is 1. The van der Waals surface area contributed by atoms with Gasteiger partial charge in [-0.3, -0.25) is 4.79 Å². The maximum Gasteiger partial charge on any atom is 0.254 e. The molecule has 1 aliphatic heterocycles. The standard InChI is InChI=1S/C18H22N4O2/c1-21(2)15-7-3-6-14(12-15)18(23)22-11-5-8-16(13-22)24-17-9-4-10-19-20-17/h3-4,6-7,9-10,12,16H,5,8,11,13H2,1-2H3. The lowest BCUT2D eigenvalue weighted by Gasteiger charge is -2.32. The average molecular weight is 326 g/mol. The van der Waals surface area contributed by atoms with Crippen molar-refractivity contribution in [3.8, 4) is 5.88 Å². The molecule has 1 aliphatic rings. The molecule has 24 heavy (non-hydrogen) atoms. The lowest BCUT2D eigenvalue weighted by molar-refractivity contribution is 0.0525. The minimum absolute atomic E-state index is 0.0450. The second kappa shape index (κ2) is 7.29. The monoisotopic (exact) mass is 326 g/mol. The summed E-state index contributed by atoms with van der Waals surface area (Å²) in [6.07, 6.45) is 3.40. The summed E-state index contributed by atoms with van der Waals surface area (Å²) < 4.78 is 5.86. The number of rotatable bonds is 4. The third-order valence-electron chi connectivity index (χ3n) is 4.11. The van der Waals surface area contributed by atoms with Crippen molar-refractivity contribution in [2.45, 2.75) is 18.9 Å². The van der Waals surface area contributed by atoms with Gasteiger partial charge >= 0.3 is 0 Å². The average Bonchev–Trinajstić information content (AvgIpc) is 2.62. The van der Waals surface area contributed by atoms with Crippen LogP contribution in [0.2, 0.25) is 0 Å². The van der Waals surface area contributed by atoms with Crippen LogP contribution in [0.3, 0.4) is 0 Å². The molecule has 1 saturated heterocycles. The molecule has 0 bridgehead atoms. The number of nitrogens with zero attached hydrogens (tertiary/aromatic N) is 4. The molecule has 0 radical (unpaired) electrons. The summed E-state index contributed by atoms with van der Waals surface area (Å²) >= 11 is 0. The molecule has 126 valence electrons. The highest BCUT2D eigenvalue weighted by molar-refractivity contribution is 5.95. The number of anilines is 1. The number of benzene rings is 1. The molecule has 1 aromatic carbocycles. The summed E-state index contributed by atoms with van der Waals surface area (Å²) in [4.78, 5) is 16.6. The number of likely N-dealkylation sites (tertiary alicyclic amines) is 1. The van der Waals surface area contributed by atoms with E-state index < -0.39 is 0 Å². The summed E-state index contributed by atoms with van der Waals surface area (Å²) in [5, 5.41) is 7.77. The van der Waals surface area contributed by atoms with Crippen LogP contribution in [0.4, 0.5) is 5.69 Å².